The normalized spacial score (nSPS) is 13.7. The maximum absolute atomic E-state index is 11.6. The van der Waals surface area contributed by atoms with Gasteiger partial charge >= 0.3 is 11.8 Å². The zero-order chi connectivity index (χ0) is 14.0. The highest BCUT2D eigenvalue weighted by atomic mass is 16.6. The Morgan fingerprint density at radius 1 is 1.42 bits per heavy atom. The second-order valence-electron chi connectivity index (χ2n) is 4.14. The lowest BCUT2D eigenvalue weighted by atomic mass is 9.92. The number of hydrogen-bond acceptors (Lipinski definition) is 4. The number of carboxylic acid groups (broad SMARTS) is 1. The molecule has 0 radical (unpaired) electrons. The van der Waals surface area contributed by atoms with Crippen LogP contribution in [0.15, 0.2) is 42.9 Å². The number of imidazole rings is 1. The number of aromatic nitrogens is 2. The fourth-order valence-corrected chi connectivity index (χ4v) is 1.80. The van der Waals surface area contributed by atoms with E-state index in [1.165, 1.54) is 11.5 Å². The average molecular weight is 261 g/mol. The molecule has 0 saturated carbocycles. The lowest BCUT2D eigenvalue weighted by Crippen LogP contribution is -2.39. The lowest BCUT2D eigenvalue weighted by Gasteiger charge is -2.25. The monoisotopic (exact) mass is 261 g/mol. The van der Waals surface area contributed by atoms with Crippen LogP contribution in [-0.4, -0.2) is 25.6 Å². The van der Waals surface area contributed by atoms with Gasteiger partial charge in [0, 0.05) is 0 Å². The van der Waals surface area contributed by atoms with Crippen LogP contribution < -0.4 is 0 Å². The van der Waals surface area contributed by atoms with Crippen molar-refractivity contribution in [2.45, 2.75) is 12.5 Å². The van der Waals surface area contributed by atoms with Crippen LogP contribution in [0.25, 0.3) is 0 Å². The van der Waals surface area contributed by atoms with Crippen molar-refractivity contribution >= 4 is 11.8 Å². The number of carbonyl (C=O) groups is 1. The molecule has 1 atom stereocenters. The lowest BCUT2D eigenvalue weighted by molar-refractivity contribution is -0.389. The molecule has 1 aromatic heterocycles. The first-order valence-corrected chi connectivity index (χ1v) is 5.44. The molecule has 0 aliphatic heterocycles. The zero-order valence-electron chi connectivity index (χ0n) is 10.1. The number of rotatable bonds is 4. The number of benzene rings is 1. The minimum atomic E-state index is -1.44. The first-order chi connectivity index (χ1) is 8.96. The van der Waals surface area contributed by atoms with Crippen LogP contribution in [-0.2, 0) is 10.3 Å². The highest BCUT2D eigenvalue weighted by molar-refractivity contribution is 5.80. The van der Waals surface area contributed by atoms with Crippen molar-refractivity contribution < 1.29 is 14.8 Å². The Morgan fingerprint density at radius 3 is 2.53 bits per heavy atom. The van der Waals surface area contributed by atoms with E-state index < -0.39 is 16.4 Å². The SMILES string of the molecule is CC(C(=O)O)(c1ccccc1)n1cnc([N+](=O)[O-])c1. The van der Waals surface area contributed by atoms with Crippen molar-refractivity contribution in [3.63, 3.8) is 0 Å². The van der Waals surface area contributed by atoms with E-state index in [1.807, 2.05) is 0 Å². The van der Waals surface area contributed by atoms with Gasteiger partial charge < -0.3 is 15.2 Å². The highest BCUT2D eigenvalue weighted by Crippen LogP contribution is 2.27. The molecule has 98 valence electrons. The van der Waals surface area contributed by atoms with Gasteiger partial charge in [0.25, 0.3) is 0 Å². The Labute approximate surface area is 108 Å². The summed E-state index contributed by atoms with van der Waals surface area (Å²) < 4.78 is 1.23. The van der Waals surface area contributed by atoms with Crippen LogP contribution in [0.5, 0.6) is 0 Å². The maximum Gasteiger partial charge on any atom is 0.381 e. The first kappa shape index (κ1) is 12.7. The predicted molar refractivity (Wildman–Crippen MR) is 65.7 cm³/mol. The molecular weight excluding hydrogens is 250 g/mol. The molecule has 2 aromatic rings. The third-order valence-corrected chi connectivity index (χ3v) is 3.02. The molecule has 1 heterocycles. The second kappa shape index (κ2) is 4.52. The minimum absolute atomic E-state index is 0.386. The molecule has 0 spiro atoms. The van der Waals surface area contributed by atoms with E-state index in [9.17, 15) is 20.0 Å². The Kier molecular flexibility index (Phi) is 3.04. The maximum atomic E-state index is 11.6. The molecular formula is C12H11N3O4. The third kappa shape index (κ3) is 2.05. The minimum Gasteiger partial charge on any atom is -0.479 e. The fraction of sp³-hybridized carbons (Fsp3) is 0.167. The standard InChI is InChI=1S/C12H11N3O4/c1-12(11(16)17,9-5-3-2-4-6-9)14-7-10(13-8-14)15(18)19/h2-8H,1H3,(H,16,17). The molecule has 1 N–H and O–H groups in total. The number of carboxylic acids is 1. The summed E-state index contributed by atoms with van der Waals surface area (Å²) in [4.78, 5) is 25.1. The van der Waals surface area contributed by atoms with Crippen molar-refractivity contribution in [1.82, 2.24) is 9.55 Å². The van der Waals surface area contributed by atoms with Gasteiger partial charge in [0.2, 0.25) is 6.33 Å². The Hall–Kier alpha value is -2.70. The Balaban J connectivity index is 2.56. The van der Waals surface area contributed by atoms with E-state index in [0.717, 1.165) is 12.5 Å². The van der Waals surface area contributed by atoms with Crippen molar-refractivity contribution in [2.24, 2.45) is 0 Å². The van der Waals surface area contributed by atoms with Crippen molar-refractivity contribution in [1.29, 1.82) is 0 Å². The van der Waals surface area contributed by atoms with Gasteiger partial charge in [-0.3, -0.25) is 4.57 Å². The number of nitro groups is 1. The summed E-state index contributed by atoms with van der Waals surface area (Å²) in [5, 5.41) is 20.1. The van der Waals surface area contributed by atoms with Gasteiger partial charge in [-0.2, -0.15) is 0 Å². The molecule has 0 fully saturated rings. The predicted octanol–water partition coefficient (Wildman–Crippen LogP) is 1.64. The molecule has 0 saturated heterocycles. The van der Waals surface area contributed by atoms with Gasteiger partial charge in [-0.05, 0) is 22.4 Å². The quantitative estimate of drug-likeness (QED) is 0.666. The number of nitrogens with zero attached hydrogens (tertiary/aromatic N) is 3. The third-order valence-electron chi connectivity index (χ3n) is 3.02. The molecule has 0 amide bonds. The van der Waals surface area contributed by atoms with E-state index in [1.54, 1.807) is 30.3 Å². The largest absolute Gasteiger partial charge is 0.479 e. The van der Waals surface area contributed by atoms with Crippen LogP contribution in [0, 0.1) is 10.1 Å². The summed E-state index contributed by atoms with van der Waals surface area (Å²) in [6.07, 6.45) is 2.26. The Bertz CT molecular complexity index is 623. The molecule has 7 heteroatoms. The van der Waals surface area contributed by atoms with Gasteiger partial charge in [0.05, 0.1) is 0 Å². The van der Waals surface area contributed by atoms with Gasteiger partial charge in [-0.15, -0.1) is 0 Å². The molecule has 19 heavy (non-hydrogen) atoms. The van der Waals surface area contributed by atoms with Crippen LogP contribution >= 0.6 is 0 Å². The Morgan fingerprint density at radius 2 is 2.05 bits per heavy atom. The summed E-state index contributed by atoms with van der Waals surface area (Å²) in [7, 11) is 0. The first-order valence-electron chi connectivity index (χ1n) is 5.44. The summed E-state index contributed by atoms with van der Waals surface area (Å²) >= 11 is 0. The van der Waals surface area contributed by atoms with Crippen molar-refractivity contribution in [2.75, 3.05) is 0 Å². The second-order valence-corrected chi connectivity index (χ2v) is 4.14. The molecule has 0 bridgehead atoms. The van der Waals surface area contributed by atoms with Crippen LogP contribution in [0.2, 0.25) is 0 Å². The van der Waals surface area contributed by atoms with Crippen LogP contribution in [0.3, 0.4) is 0 Å². The van der Waals surface area contributed by atoms with Crippen LogP contribution in [0.1, 0.15) is 12.5 Å². The van der Waals surface area contributed by atoms with Gasteiger partial charge in [-0.1, -0.05) is 30.3 Å². The highest BCUT2D eigenvalue weighted by Gasteiger charge is 2.38. The molecule has 2 rings (SSSR count). The summed E-state index contributed by atoms with van der Waals surface area (Å²) in [5.41, 5.74) is -0.933. The molecule has 1 aromatic carbocycles. The molecule has 0 aliphatic carbocycles. The summed E-state index contributed by atoms with van der Waals surface area (Å²) in [6, 6.07) is 8.49. The van der Waals surface area contributed by atoms with E-state index in [-0.39, 0.29) is 5.82 Å². The molecule has 0 aliphatic rings. The van der Waals surface area contributed by atoms with E-state index >= 15 is 0 Å². The molecule has 1 unspecified atom stereocenters. The summed E-state index contributed by atoms with van der Waals surface area (Å²) in [6.45, 7) is 1.47. The topological polar surface area (TPSA) is 98.3 Å². The zero-order valence-corrected chi connectivity index (χ0v) is 10.1. The van der Waals surface area contributed by atoms with Gasteiger partial charge in [0.1, 0.15) is 6.20 Å². The molecule has 7 nitrogen and oxygen atoms in total. The van der Waals surface area contributed by atoms with E-state index in [2.05, 4.69) is 4.98 Å². The smallest absolute Gasteiger partial charge is 0.381 e. The van der Waals surface area contributed by atoms with Crippen molar-refractivity contribution in [3.05, 3.63) is 58.5 Å². The van der Waals surface area contributed by atoms with Gasteiger partial charge in [0.15, 0.2) is 5.54 Å². The fourth-order valence-electron chi connectivity index (χ4n) is 1.80. The van der Waals surface area contributed by atoms with Crippen LogP contribution in [0.4, 0.5) is 5.82 Å². The van der Waals surface area contributed by atoms with E-state index in [0.29, 0.717) is 5.56 Å². The van der Waals surface area contributed by atoms with Gasteiger partial charge in [-0.25, -0.2) is 4.79 Å². The van der Waals surface area contributed by atoms with E-state index in [4.69, 9.17) is 0 Å². The summed E-state index contributed by atoms with van der Waals surface area (Å²) in [5.74, 6) is -1.51. The number of aliphatic carboxylic acids is 1. The number of hydrogen-bond donors (Lipinski definition) is 1. The average Bonchev–Trinajstić information content (AvgIpc) is 2.88. The van der Waals surface area contributed by atoms with Crippen molar-refractivity contribution in [3.8, 4) is 0 Å².